The number of nitrogens with one attached hydrogen (secondary N) is 2. The van der Waals surface area contributed by atoms with Gasteiger partial charge in [-0.05, 0) is 85.6 Å². The highest BCUT2D eigenvalue weighted by Crippen LogP contribution is 2.45. The Kier molecular flexibility index (Phi) is 21.0. The van der Waals surface area contributed by atoms with Crippen LogP contribution < -0.4 is 10.6 Å². The van der Waals surface area contributed by atoms with Gasteiger partial charge in [0.25, 0.3) is 0 Å². The third-order valence-corrected chi connectivity index (χ3v) is 16.9. The summed E-state index contributed by atoms with van der Waals surface area (Å²) in [6.45, 7) is -1.20. The van der Waals surface area contributed by atoms with Gasteiger partial charge in [0, 0.05) is 34.3 Å². The number of halogens is 14. The molecule has 5 aromatic carbocycles. The zero-order valence-electron chi connectivity index (χ0n) is 50.2. The maximum Gasteiger partial charge on any atom is 0.418 e. The molecule has 0 radical (unpaired) electrons. The fourth-order valence-electron chi connectivity index (χ4n) is 11.1. The number of carbonyl (C=O) groups is 2. The summed E-state index contributed by atoms with van der Waals surface area (Å²) in [5.41, 5.74) is -3.36. The summed E-state index contributed by atoms with van der Waals surface area (Å²) in [5, 5.41) is 72.7. The fraction of sp³-hybridized carbons (Fsp3) is 0.333. The minimum absolute atomic E-state index is 0.0955. The fourth-order valence-corrected chi connectivity index (χ4v) is 11.7. The Morgan fingerprint density at radius 2 is 0.918 bits per heavy atom. The molecular formula is C60H50Cl4F10N14O10. The van der Waals surface area contributed by atoms with E-state index in [-0.39, 0.29) is 68.9 Å². The van der Waals surface area contributed by atoms with Gasteiger partial charge in [0.15, 0.2) is 11.6 Å². The number of benzene rings is 5. The van der Waals surface area contributed by atoms with E-state index in [9.17, 15) is 73.9 Å². The third kappa shape index (κ3) is 15.0. The quantitative estimate of drug-likeness (QED) is 0.0307. The highest BCUT2D eigenvalue weighted by atomic mass is 35.5. The molecule has 2 saturated heterocycles. The molecule has 0 bridgehead atoms. The molecule has 10 atom stereocenters. The number of rotatable bonds is 20. The molecule has 0 spiro atoms. The molecule has 11 rings (SSSR count). The molecule has 518 valence electrons. The lowest BCUT2D eigenvalue weighted by molar-refractivity contribution is -0.223. The van der Waals surface area contributed by atoms with Gasteiger partial charge in [0.05, 0.1) is 48.1 Å². The van der Waals surface area contributed by atoms with Crippen LogP contribution in [-0.4, -0.2) is 155 Å². The Morgan fingerprint density at radius 1 is 0.561 bits per heavy atom. The van der Waals surface area contributed by atoms with Crippen LogP contribution in [0, 0.1) is 37.1 Å². The normalized spacial score (nSPS) is 21.4. The largest absolute Gasteiger partial charge is 0.418 e. The van der Waals surface area contributed by atoms with Crippen molar-refractivity contribution in [2.24, 2.45) is 0 Å². The average molecular weight is 1460 g/mol. The van der Waals surface area contributed by atoms with E-state index < -0.39 is 167 Å². The van der Waals surface area contributed by atoms with Crippen molar-refractivity contribution >= 4 is 58.2 Å². The van der Waals surface area contributed by atoms with Gasteiger partial charge in [0.1, 0.15) is 130 Å². The topological polar surface area (TPSA) is 299 Å². The molecule has 6 heterocycles. The number of aryl methyl sites for hydroxylation is 2. The molecule has 9 aromatic rings. The second-order valence-corrected chi connectivity index (χ2v) is 23.9. The standard InChI is InChI=1S/C60H50Cl4F10N14O10/c1-25-77-57(87(81-25)41-15-31(61)7-9-33(41)59(69,70)71)55-53(49(51(93)43(21-89)97-55)85-19-39(79-83-85)29-11-35(65)47(63)36(66)12-29)95-23-45(91)75-17-27-3-5-28(6-4-27)18-76-46(92)24-96-54-50(86-20-40(80-84-86)30-13-37(67)48(64)38(68)14-30)52(94)44(22-90)98-56(54)58-78-26(2)82-88(58)42-16-32(62)8-10-34(42)60(72,73)74/h3-16,19-20,43-44,49-56,89-90,93-94H,17-18,21-24H2,1-2H3,(H,75,91)(H,76,92)/t43-,44+,49+,50-,51+,52-,53-,54+,55-,56+. The van der Waals surface area contributed by atoms with Crippen LogP contribution in [0.5, 0.6) is 0 Å². The summed E-state index contributed by atoms with van der Waals surface area (Å²) in [4.78, 5) is 36.3. The number of aliphatic hydroxyl groups excluding tert-OH is 4. The second kappa shape index (κ2) is 28.9. The smallest absolute Gasteiger partial charge is 0.394 e. The Balaban J connectivity index is 0.807. The van der Waals surface area contributed by atoms with E-state index in [4.69, 9.17) is 65.4 Å². The summed E-state index contributed by atoms with van der Waals surface area (Å²) < 4.78 is 174. The van der Waals surface area contributed by atoms with E-state index >= 15 is 0 Å². The number of hydrogen-bond donors (Lipinski definition) is 6. The van der Waals surface area contributed by atoms with Crippen molar-refractivity contribution in [1.82, 2.24) is 70.2 Å². The Labute approximate surface area is 565 Å². The molecule has 0 unspecified atom stereocenters. The molecule has 38 heteroatoms. The van der Waals surface area contributed by atoms with Crippen LogP contribution in [0.3, 0.4) is 0 Å². The first-order valence-electron chi connectivity index (χ1n) is 29.0. The number of ether oxygens (including phenoxy) is 4. The van der Waals surface area contributed by atoms with Gasteiger partial charge in [-0.15, -0.1) is 10.2 Å². The lowest BCUT2D eigenvalue weighted by atomic mass is 9.91. The number of hydrogen-bond acceptors (Lipinski definition) is 18. The molecule has 2 aliphatic heterocycles. The third-order valence-electron chi connectivity index (χ3n) is 15.7. The lowest BCUT2D eigenvalue weighted by Gasteiger charge is -2.43. The monoisotopic (exact) mass is 1460 g/mol. The van der Waals surface area contributed by atoms with Crippen LogP contribution >= 0.6 is 46.4 Å². The second-order valence-electron chi connectivity index (χ2n) is 22.3. The Morgan fingerprint density at radius 3 is 1.26 bits per heavy atom. The summed E-state index contributed by atoms with van der Waals surface area (Å²) in [7, 11) is 0. The molecule has 2 aliphatic rings. The number of aliphatic hydroxyl groups is 4. The summed E-state index contributed by atoms with van der Waals surface area (Å²) >= 11 is 23.9. The SMILES string of the molecule is Cc1nc([C@H]2O[C@@H](CO)[C@@H](O)[C@@H](n3cc(-c4cc(F)c(Cl)c(F)c4)nn3)[C@@H]2OCC(=O)NCc2ccc(CNC(=O)CO[C@@H]3[C@@H](n4cc(-c5cc(F)c(Cl)c(F)c5)nn4)[C@@H](O)[C@@H](CO)O[C@H]3c3nc(C)nn3-c3cc(Cl)ccc3C(F)(F)F)cc2)n(-c2cc(Cl)ccc2C(F)(F)F)n1. The van der Waals surface area contributed by atoms with Crippen molar-refractivity contribution in [3.63, 3.8) is 0 Å². The number of aromatic nitrogens is 12. The van der Waals surface area contributed by atoms with Crippen LogP contribution in [-0.2, 0) is 54.0 Å². The molecule has 4 aromatic heterocycles. The summed E-state index contributed by atoms with van der Waals surface area (Å²) in [6.07, 6.45) is -21.2. The van der Waals surface area contributed by atoms with E-state index in [1.807, 2.05) is 0 Å². The molecule has 6 N–H and O–H groups in total. The van der Waals surface area contributed by atoms with Crippen molar-refractivity contribution in [3.8, 4) is 33.9 Å². The van der Waals surface area contributed by atoms with Gasteiger partial charge in [-0.2, -0.15) is 36.5 Å². The maximum atomic E-state index is 14.7. The number of amides is 2. The van der Waals surface area contributed by atoms with Gasteiger partial charge in [-0.25, -0.2) is 46.3 Å². The molecule has 2 amide bonds. The van der Waals surface area contributed by atoms with Crippen molar-refractivity contribution < 1.29 is 92.9 Å². The van der Waals surface area contributed by atoms with E-state index in [2.05, 4.69) is 51.4 Å². The van der Waals surface area contributed by atoms with Gasteiger partial charge in [-0.1, -0.05) is 81.1 Å². The first-order valence-corrected chi connectivity index (χ1v) is 30.5. The average Bonchev–Trinajstić information content (AvgIpc) is 1.49. The molecule has 98 heavy (non-hydrogen) atoms. The van der Waals surface area contributed by atoms with Crippen molar-refractivity contribution in [2.75, 3.05) is 26.4 Å². The van der Waals surface area contributed by atoms with Gasteiger partial charge in [0.2, 0.25) is 11.8 Å². The summed E-state index contributed by atoms with van der Waals surface area (Å²) in [6, 6.07) is 11.9. The maximum absolute atomic E-state index is 14.7. The van der Waals surface area contributed by atoms with Crippen LogP contribution in [0.1, 0.15) is 69.8 Å². The summed E-state index contributed by atoms with van der Waals surface area (Å²) in [5.74, 6) is -7.20. The van der Waals surface area contributed by atoms with Crippen LogP contribution in [0.25, 0.3) is 33.9 Å². The predicted molar refractivity (Wildman–Crippen MR) is 322 cm³/mol. The first kappa shape index (κ1) is 71.0. The molecular weight excluding hydrogens is 1410 g/mol. The number of alkyl halides is 6. The first-order chi connectivity index (χ1) is 46.5. The minimum atomic E-state index is -4.98. The zero-order chi connectivity index (χ0) is 70.4. The Bertz CT molecular complexity index is 4110. The van der Waals surface area contributed by atoms with Crippen LogP contribution in [0.4, 0.5) is 43.9 Å². The van der Waals surface area contributed by atoms with Gasteiger partial charge >= 0.3 is 12.4 Å². The highest BCUT2D eigenvalue weighted by Gasteiger charge is 2.53. The van der Waals surface area contributed by atoms with Crippen molar-refractivity contribution in [1.29, 1.82) is 0 Å². The van der Waals surface area contributed by atoms with Gasteiger partial charge in [-0.3, -0.25) is 9.59 Å². The number of nitrogens with zero attached hydrogens (tertiary/aromatic N) is 12. The van der Waals surface area contributed by atoms with Crippen LogP contribution in [0.15, 0.2) is 97.3 Å². The molecule has 0 aliphatic carbocycles. The number of carbonyl (C=O) groups excluding carboxylic acids is 2. The molecule has 2 fully saturated rings. The van der Waals surface area contributed by atoms with E-state index in [0.29, 0.717) is 23.3 Å². The zero-order valence-corrected chi connectivity index (χ0v) is 53.2. The molecule has 24 nitrogen and oxygen atoms in total. The Hall–Kier alpha value is -8.26. The highest BCUT2D eigenvalue weighted by molar-refractivity contribution is 6.31. The van der Waals surface area contributed by atoms with Crippen molar-refractivity contribution in [2.45, 2.75) is 100 Å². The van der Waals surface area contributed by atoms with Crippen molar-refractivity contribution in [3.05, 3.63) is 186 Å². The van der Waals surface area contributed by atoms with E-state index in [1.165, 1.54) is 13.8 Å². The van der Waals surface area contributed by atoms with Gasteiger partial charge < -0.3 is 50.0 Å². The van der Waals surface area contributed by atoms with Crippen LogP contribution in [0.2, 0.25) is 20.1 Å². The minimum Gasteiger partial charge on any atom is -0.394 e. The molecule has 0 saturated carbocycles. The lowest BCUT2D eigenvalue weighted by Crippen LogP contribution is -2.54. The predicted octanol–water partition coefficient (Wildman–Crippen LogP) is 8.66. The van der Waals surface area contributed by atoms with E-state index in [0.717, 1.165) is 79.7 Å². The van der Waals surface area contributed by atoms with E-state index in [1.54, 1.807) is 24.3 Å².